The van der Waals surface area contributed by atoms with Crippen LogP contribution in [0, 0.1) is 0 Å². The summed E-state index contributed by atoms with van der Waals surface area (Å²) in [5.74, 6) is 0. The molecule has 0 aromatic heterocycles. The Bertz CT molecular complexity index is 194. The molecule has 1 N–H and O–H groups in total. The summed E-state index contributed by atoms with van der Waals surface area (Å²) in [5.41, 5.74) is -0.428. The number of rotatable bonds is 4. The van der Waals surface area contributed by atoms with Gasteiger partial charge in [-0.2, -0.15) is 0 Å². The Kier molecular flexibility index (Phi) is 5.28. The first-order chi connectivity index (χ1) is 6.35. The van der Waals surface area contributed by atoms with Crippen LogP contribution in [-0.2, 0) is 4.74 Å². The molecule has 14 heavy (non-hydrogen) atoms. The maximum absolute atomic E-state index is 11.3. The van der Waals surface area contributed by atoms with Crippen LogP contribution < -0.4 is 5.32 Å². The van der Waals surface area contributed by atoms with E-state index in [-0.39, 0.29) is 12.1 Å². The van der Waals surface area contributed by atoms with Crippen LogP contribution in [0.2, 0.25) is 0 Å². The van der Waals surface area contributed by atoms with Crippen molar-refractivity contribution in [2.45, 2.75) is 52.2 Å². The average molecular weight is 199 g/mol. The fourth-order valence-corrected chi connectivity index (χ4v) is 0.949. The molecular weight excluding hydrogens is 178 g/mol. The number of amides is 1. The summed E-state index contributed by atoms with van der Waals surface area (Å²) in [7, 11) is 0. The van der Waals surface area contributed by atoms with Gasteiger partial charge in [0.25, 0.3) is 0 Å². The minimum absolute atomic E-state index is 0.128. The van der Waals surface area contributed by atoms with Crippen LogP contribution in [-0.4, -0.2) is 17.7 Å². The van der Waals surface area contributed by atoms with Crippen LogP contribution in [0.25, 0.3) is 0 Å². The molecule has 0 aliphatic rings. The van der Waals surface area contributed by atoms with Gasteiger partial charge in [-0.1, -0.05) is 6.08 Å². The summed E-state index contributed by atoms with van der Waals surface area (Å²) in [6.45, 7) is 11.1. The summed E-state index contributed by atoms with van der Waals surface area (Å²) < 4.78 is 5.11. The molecule has 1 amide bonds. The van der Waals surface area contributed by atoms with E-state index in [0.717, 1.165) is 12.8 Å². The third-order valence-electron chi connectivity index (χ3n) is 1.57. The molecule has 0 rings (SSSR count). The SMILES string of the molecule is C=CCC[C@H](C)NC(=O)OC(C)(C)C. The fraction of sp³-hybridized carbons (Fsp3) is 0.727. The zero-order valence-corrected chi connectivity index (χ0v) is 9.59. The number of carbonyl (C=O) groups excluding carboxylic acids is 1. The molecule has 3 heteroatoms. The van der Waals surface area contributed by atoms with Gasteiger partial charge < -0.3 is 10.1 Å². The molecule has 0 bridgehead atoms. The van der Waals surface area contributed by atoms with Crippen molar-refractivity contribution in [2.24, 2.45) is 0 Å². The van der Waals surface area contributed by atoms with Crippen molar-refractivity contribution in [3.8, 4) is 0 Å². The highest BCUT2D eigenvalue weighted by Gasteiger charge is 2.17. The zero-order valence-electron chi connectivity index (χ0n) is 9.59. The van der Waals surface area contributed by atoms with Crippen molar-refractivity contribution in [2.75, 3.05) is 0 Å². The molecule has 0 spiro atoms. The molecule has 0 aromatic rings. The lowest BCUT2D eigenvalue weighted by molar-refractivity contribution is 0.0506. The summed E-state index contributed by atoms with van der Waals surface area (Å²) >= 11 is 0. The predicted molar refractivity (Wildman–Crippen MR) is 58.3 cm³/mol. The fourth-order valence-electron chi connectivity index (χ4n) is 0.949. The molecule has 0 heterocycles. The summed E-state index contributed by atoms with van der Waals surface area (Å²) in [6.07, 6.45) is 3.28. The van der Waals surface area contributed by atoms with Crippen molar-refractivity contribution in [3.05, 3.63) is 12.7 Å². The van der Waals surface area contributed by atoms with Crippen molar-refractivity contribution in [1.29, 1.82) is 0 Å². The number of hydrogen-bond donors (Lipinski definition) is 1. The second-order valence-electron chi connectivity index (χ2n) is 4.41. The van der Waals surface area contributed by atoms with E-state index in [4.69, 9.17) is 4.74 Å². The molecule has 0 aliphatic carbocycles. The highest BCUT2D eigenvalue weighted by molar-refractivity contribution is 5.67. The third kappa shape index (κ3) is 7.65. The molecule has 0 fully saturated rings. The van der Waals surface area contributed by atoms with E-state index in [9.17, 15) is 4.79 Å². The van der Waals surface area contributed by atoms with E-state index >= 15 is 0 Å². The summed E-state index contributed by atoms with van der Waals surface area (Å²) in [6, 6.07) is 0.128. The molecular formula is C11H21NO2. The predicted octanol–water partition coefficient (Wildman–Crippen LogP) is 2.87. The topological polar surface area (TPSA) is 38.3 Å². The minimum atomic E-state index is -0.428. The van der Waals surface area contributed by atoms with E-state index in [0.29, 0.717) is 0 Å². The largest absolute Gasteiger partial charge is 0.444 e. The molecule has 3 nitrogen and oxygen atoms in total. The van der Waals surface area contributed by atoms with Crippen LogP contribution >= 0.6 is 0 Å². The van der Waals surface area contributed by atoms with Gasteiger partial charge in [0.2, 0.25) is 0 Å². The van der Waals surface area contributed by atoms with Crippen LogP contribution in [0.4, 0.5) is 4.79 Å². The summed E-state index contributed by atoms with van der Waals surface area (Å²) in [4.78, 5) is 11.3. The molecule has 82 valence electrons. The number of carbonyl (C=O) groups is 1. The smallest absolute Gasteiger partial charge is 0.407 e. The molecule has 0 saturated carbocycles. The van der Waals surface area contributed by atoms with Crippen molar-refractivity contribution in [3.63, 3.8) is 0 Å². The first-order valence-corrected chi connectivity index (χ1v) is 4.95. The van der Waals surface area contributed by atoms with E-state index < -0.39 is 5.60 Å². The standard InChI is InChI=1S/C11H21NO2/c1-6-7-8-9(2)12-10(13)14-11(3,4)5/h6,9H,1,7-8H2,2-5H3,(H,12,13)/t9-/m0/s1. The second kappa shape index (κ2) is 5.68. The monoisotopic (exact) mass is 199 g/mol. The summed E-state index contributed by atoms with van der Waals surface area (Å²) in [5, 5.41) is 2.76. The van der Waals surface area contributed by atoms with Gasteiger partial charge in [0.05, 0.1) is 0 Å². The number of ether oxygens (including phenoxy) is 1. The molecule has 1 atom stereocenters. The number of nitrogens with one attached hydrogen (secondary N) is 1. The lowest BCUT2D eigenvalue weighted by atomic mass is 10.2. The Morgan fingerprint density at radius 3 is 2.57 bits per heavy atom. The Morgan fingerprint density at radius 2 is 2.14 bits per heavy atom. The van der Waals surface area contributed by atoms with Gasteiger partial charge in [-0.05, 0) is 40.5 Å². The molecule has 0 radical (unpaired) electrons. The lowest BCUT2D eigenvalue weighted by Crippen LogP contribution is -2.37. The van der Waals surface area contributed by atoms with Crippen molar-refractivity contribution >= 4 is 6.09 Å². The highest BCUT2D eigenvalue weighted by Crippen LogP contribution is 2.07. The maximum Gasteiger partial charge on any atom is 0.407 e. The third-order valence-corrected chi connectivity index (χ3v) is 1.57. The van der Waals surface area contributed by atoms with Gasteiger partial charge in [-0.3, -0.25) is 0 Å². The molecule has 0 aliphatic heterocycles. The lowest BCUT2D eigenvalue weighted by Gasteiger charge is -2.21. The van der Waals surface area contributed by atoms with E-state index in [1.807, 2.05) is 33.8 Å². The van der Waals surface area contributed by atoms with Crippen LogP contribution in [0.3, 0.4) is 0 Å². The maximum atomic E-state index is 11.3. The van der Waals surface area contributed by atoms with E-state index in [2.05, 4.69) is 11.9 Å². The zero-order chi connectivity index (χ0) is 11.2. The molecule has 0 unspecified atom stereocenters. The number of allylic oxidation sites excluding steroid dienone is 1. The minimum Gasteiger partial charge on any atom is -0.444 e. The van der Waals surface area contributed by atoms with Crippen molar-refractivity contribution in [1.82, 2.24) is 5.32 Å². The second-order valence-corrected chi connectivity index (χ2v) is 4.41. The first kappa shape index (κ1) is 13.0. The highest BCUT2D eigenvalue weighted by atomic mass is 16.6. The van der Waals surface area contributed by atoms with Gasteiger partial charge in [-0.25, -0.2) is 4.79 Å². The first-order valence-electron chi connectivity index (χ1n) is 4.95. The number of hydrogen-bond acceptors (Lipinski definition) is 2. The van der Waals surface area contributed by atoms with Crippen LogP contribution in [0.5, 0.6) is 0 Å². The van der Waals surface area contributed by atoms with Crippen LogP contribution in [0.1, 0.15) is 40.5 Å². The Balaban J connectivity index is 3.76. The molecule has 0 saturated heterocycles. The molecule has 0 aromatic carbocycles. The van der Waals surface area contributed by atoms with Gasteiger partial charge >= 0.3 is 6.09 Å². The quantitative estimate of drug-likeness (QED) is 0.707. The van der Waals surface area contributed by atoms with Crippen molar-refractivity contribution < 1.29 is 9.53 Å². The van der Waals surface area contributed by atoms with E-state index in [1.54, 1.807) is 0 Å². The van der Waals surface area contributed by atoms with Gasteiger partial charge in [0.1, 0.15) is 5.60 Å². The number of alkyl carbamates (subject to hydrolysis) is 1. The Morgan fingerprint density at radius 1 is 1.57 bits per heavy atom. The Hall–Kier alpha value is -0.990. The van der Waals surface area contributed by atoms with Gasteiger partial charge in [0, 0.05) is 6.04 Å². The average Bonchev–Trinajstić information content (AvgIpc) is 1.96. The normalized spacial score (nSPS) is 13.1. The Labute approximate surface area is 86.5 Å². The van der Waals surface area contributed by atoms with Gasteiger partial charge in [0.15, 0.2) is 0 Å². The van der Waals surface area contributed by atoms with Gasteiger partial charge in [-0.15, -0.1) is 6.58 Å². The van der Waals surface area contributed by atoms with Crippen LogP contribution in [0.15, 0.2) is 12.7 Å². The van der Waals surface area contributed by atoms with E-state index in [1.165, 1.54) is 0 Å².